The number of hydrogen-bond acceptors (Lipinski definition) is 4. The van der Waals surface area contributed by atoms with Crippen LogP contribution in [0.1, 0.15) is 5.56 Å². The molecule has 2 N–H and O–H groups in total. The second kappa shape index (κ2) is 5.43. The number of ether oxygens (including phenoxy) is 1. The first-order valence-corrected chi connectivity index (χ1v) is 6.98. The van der Waals surface area contributed by atoms with Crippen LogP contribution in [-0.4, -0.2) is 4.98 Å². The zero-order chi connectivity index (χ0) is 14.8. The molecular formula is C16H10BrN3O. The maximum absolute atomic E-state index is 9.09. The van der Waals surface area contributed by atoms with Gasteiger partial charge < -0.3 is 10.5 Å². The number of halogens is 1. The minimum atomic E-state index is 0.253. The highest BCUT2D eigenvalue weighted by atomic mass is 79.9. The van der Waals surface area contributed by atoms with E-state index < -0.39 is 0 Å². The smallest absolute Gasteiger partial charge is 0.237 e. The lowest BCUT2D eigenvalue weighted by atomic mass is 10.1. The Bertz CT molecular complexity index is 871. The van der Waals surface area contributed by atoms with Gasteiger partial charge in [0.25, 0.3) is 0 Å². The fourth-order valence-electron chi connectivity index (χ4n) is 2.00. The number of pyridine rings is 1. The highest BCUT2D eigenvalue weighted by Crippen LogP contribution is 2.28. The molecule has 0 saturated heterocycles. The van der Waals surface area contributed by atoms with Gasteiger partial charge in [0.2, 0.25) is 5.88 Å². The van der Waals surface area contributed by atoms with Crippen LogP contribution in [0.15, 0.2) is 53.1 Å². The van der Waals surface area contributed by atoms with Gasteiger partial charge in [0.05, 0.1) is 11.9 Å². The number of nitrogens with zero attached hydrogens (tertiary/aromatic N) is 2. The Morgan fingerprint density at radius 3 is 2.67 bits per heavy atom. The normalized spacial score (nSPS) is 10.3. The van der Waals surface area contributed by atoms with Gasteiger partial charge in [0.15, 0.2) is 0 Å². The van der Waals surface area contributed by atoms with Gasteiger partial charge in [-0.05, 0) is 41.1 Å². The Morgan fingerprint density at radius 1 is 1.10 bits per heavy atom. The van der Waals surface area contributed by atoms with E-state index in [-0.39, 0.29) is 5.88 Å². The van der Waals surface area contributed by atoms with Crippen LogP contribution < -0.4 is 10.5 Å². The summed E-state index contributed by atoms with van der Waals surface area (Å²) in [5.74, 6) is 0.877. The van der Waals surface area contributed by atoms with Crippen molar-refractivity contribution >= 4 is 32.4 Å². The van der Waals surface area contributed by atoms with Gasteiger partial charge in [-0.3, -0.25) is 0 Å². The third kappa shape index (κ3) is 2.81. The van der Waals surface area contributed by atoms with Gasteiger partial charge in [-0.15, -0.1) is 0 Å². The van der Waals surface area contributed by atoms with E-state index in [0.717, 1.165) is 15.2 Å². The number of benzene rings is 2. The molecule has 3 aromatic rings. The first-order valence-electron chi connectivity index (χ1n) is 6.18. The fraction of sp³-hybridized carbons (Fsp3) is 0. The third-order valence-electron chi connectivity index (χ3n) is 2.98. The molecule has 0 unspecified atom stereocenters. The van der Waals surface area contributed by atoms with E-state index in [1.165, 1.54) is 6.20 Å². The molecule has 0 saturated carbocycles. The van der Waals surface area contributed by atoms with Gasteiger partial charge in [-0.25, -0.2) is 4.98 Å². The molecule has 21 heavy (non-hydrogen) atoms. The summed E-state index contributed by atoms with van der Waals surface area (Å²) in [6, 6.07) is 15.3. The molecule has 0 amide bonds. The Morgan fingerprint density at radius 2 is 1.86 bits per heavy atom. The van der Waals surface area contributed by atoms with E-state index in [1.54, 1.807) is 6.07 Å². The first-order chi connectivity index (χ1) is 10.2. The molecule has 1 heterocycles. The van der Waals surface area contributed by atoms with Gasteiger partial charge in [0, 0.05) is 4.47 Å². The minimum absolute atomic E-state index is 0.253. The lowest BCUT2D eigenvalue weighted by Crippen LogP contribution is -1.94. The molecule has 0 aliphatic carbocycles. The predicted octanol–water partition coefficient (Wildman–Crippen LogP) is 4.24. The van der Waals surface area contributed by atoms with Crippen molar-refractivity contribution in [1.29, 1.82) is 5.26 Å². The monoisotopic (exact) mass is 339 g/mol. The summed E-state index contributed by atoms with van der Waals surface area (Å²) in [4.78, 5) is 4.06. The maximum atomic E-state index is 9.09. The van der Waals surface area contributed by atoms with Gasteiger partial charge >= 0.3 is 0 Å². The Hall–Kier alpha value is -2.58. The SMILES string of the molecule is N#Cc1cc(N)cnc1Oc1ccc2cc(Br)ccc2c1. The number of nitrogens with two attached hydrogens (primary N) is 1. The standard InChI is InChI=1S/C16H10BrN3O/c17-13-3-1-11-7-15(4-2-10(11)5-13)21-16-12(8-18)6-14(19)9-20-16/h1-7,9H,19H2. The number of aromatic nitrogens is 1. The lowest BCUT2D eigenvalue weighted by Gasteiger charge is -2.08. The molecule has 0 spiro atoms. The van der Waals surface area contributed by atoms with Crippen LogP contribution in [0.4, 0.5) is 5.69 Å². The molecule has 0 fully saturated rings. The molecule has 0 radical (unpaired) electrons. The van der Waals surface area contributed by atoms with E-state index in [4.69, 9.17) is 15.7 Å². The van der Waals surface area contributed by atoms with Crippen molar-refractivity contribution in [2.75, 3.05) is 5.73 Å². The number of rotatable bonds is 2. The second-order valence-electron chi connectivity index (χ2n) is 4.49. The molecule has 0 bridgehead atoms. The lowest BCUT2D eigenvalue weighted by molar-refractivity contribution is 0.462. The number of nitriles is 1. The molecule has 102 valence electrons. The minimum Gasteiger partial charge on any atom is -0.438 e. The van der Waals surface area contributed by atoms with Crippen LogP contribution in [0, 0.1) is 11.3 Å². The predicted molar refractivity (Wildman–Crippen MR) is 85.1 cm³/mol. The number of hydrogen-bond donors (Lipinski definition) is 1. The van der Waals surface area contributed by atoms with Crippen LogP contribution in [0.2, 0.25) is 0 Å². The summed E-state index contributed by atoms with van der Waals surface area (Å²) < 4.78 is 6.72. The van der Waals surface area contributed by atoms with Crippen molar-refractivity contribution in [3.63, 3.8) is 0 Å². The number of fused-ring (bicyclic) bond motifs is 1. The van der Waals surface area contributed by atoms with E-state index in [0.29, 0.717) is 17.0 Å². The van der Waals surface area contributed by atoms with Crippen LogP contribution >= 0.6 is 15.9 Å². The van der Waals surface area contributed by atoms with Crippen LogP contribution in [0.25, 0.3) is 10.8 Å². The highest BCUT2D eigenvalue weighted by Gasteiger charge is 2.07. The van der Waals surface area contributed by atoms with Crippen LogP contribution in [0.5, 0.6) is 11.6 Å². The summed E-state index contributed by atoms with van der Waals surface area (Å²) in [7, 11) is 0. The van der Waals surface area contributed by atoms with Gasteiger partial charge in [0.1, 0.15) is 17.4 Å². The molecule has 4 nitrogen and oxygen atoms in total. The summed E-state index contributed by atoms with van der Waals surface area (Å²) in [5, 5.41) is 11.2. The zero-order valence-electron chi connectivity index (χ0n) is 10.9. The van der Waals surface area contributed by atoms with E-state index >= 15 is 0 Å². The van der Waals surface area contributed by atoms with Crippen LogP contribution in [-0.2, 0) is 0 Å². The van der Waals surface area contributed by atoms with E-state index in [1.807, 2.05) is 42.5 Å². The first kappa shape index (κ1) is 13.4. The average Bonchev–Trinajstić information content (AvgIpc) is 2.49. The second-order valence-corrected chi connectivity index (χ2v) is 5.40. The summed E-state index contributed by atoms with van der Waals surface area (Å²) in [5.41, 5.74) is 6.36. The van der Waals surface area contributed by atoms with Crippen molar-refractivity contribution in [2.45, 2.75) is 0 Å². The van der Waals surface area contributed by atoms with Crippen molar-refractivity contribution in [1.82, 2.24) is 4.98 Å². The van der Waals surface area contributed by atoms with Gasteiger partial charge in [-0.2, -0.15) is 5.26 Å². The summed E-state index contributed by atoms with van der Waals surface area (Å²) in [6.45, 7) is 0. The Labute approximate surface area is 129 Å². The molecule has 0 atom stereocenters. The van der Waals surface area contributed by atoms with E-state index in [2.05, 4.69) is 20.9 Å². The van der Waals surface area contributed by atoms with Crippen LogP contribution in [0.3, 0.4) is 0 Å². The number of anilines is 1. The zero-order valence-corrected chi connectivity index (χ0v) is 12.5. The highest BCUT2D eigenvalue weighted by molar-refractivity contribution is 9.10. The van der Waals surface area contributed by atoms with Crippen molar-refractivity contribution in [3.05, 3.63) is 58.7 Å². The molecule has 1 aromatic heterocycles. The third-order valence-corrected chi connectivity index (χ3v) is 3.47. The largest absolute Gasteiger partial charge is 0.438 e. The number of nitrogen functional groups attached to an aromatic ring is 1. The van der Waals surface area contributed by atoms with Crippen molar-refractivity contribution in [3.8, 4) is 17.7 Å². The molecule has 3 rings (SSSR count). The molecular weight excluding hydrogens is 330 g/mol. The van der Waals surface area contributed by atoms with Crippen molar-refractivity contribution in [2.24, 2.45) is 0 Å². The Balaban J connectivity index is 1.99. The topological polar surface area (TPSA) is 71.9 Å². The fourth-order valence-corrected chi connectivity index (χ4v) is 2.38. The quantitative estimate of drug-likeness (QED) is 0.757. The molecule has 0 aliphatic heterocycles. The van der Waals surface area contributed by atoms with E-state index in [9.17, 15) is 0 Å². The van der Waals surface area contributed by atoms with Gasteiger partial charge in [-0.1, -0.05) is 28.1 Å². The molecule has 2 aromatic carbocycles. The summed E-state index contributed by atoms with van der Waals surface area (Å²) >= 11 is 3.44. The maximum Gasteiger partial charge on any atom is 0.237 e. The molecule has 0 aliphatic rings. The summed E-state index contributed by atoms with van der Waals surface area (Å²) in [6.07, 6.45) is 1.47. The molecule has 5 heteroatoms. The average molecular weight is 340 g/mol. The Kier molecular flexibility index (Phi) is 3.46. The van der Waals surface area contributed by atoms with Crippen molar-refractivity contribution < 1.29 is 4.74 Å².